The second-order valence-corrected chi connectivity index (χ2v) is 5.95. The first kappa shape index (κ1) is 15.8. The lowest BCUT2D eigenvalue weighted by molar-refractivity contribution is 0.575. The minimum Gasteiger partial charge on any atom is -0.316 e. The molecule has 1 heteroatoms. The first-order chi connectivity index (χ1) is 10.2. The van der Waals surface area contributed by atoms with E-state index in [0.717, 1.165) is 19.5 Å². The van der Waals surface area contributed by atoms with Crippen molar-refractivity contribution in [3.8, 4) is 0 Å². The molecule has 21 heavy (non-hydrogen) atoms. The van der Waals surface area contributed by atoms with Crippen molar-refractivity contribution in [1.29, 1.82) is 0 Å². The lowest BCUT2D eigenvalue weighted by Gasteiger charge is -2.20. The molecule has 0 aliphatic rings. The van der Waals surface area contributed by atoms with Gasteiger partial charge in [-0.2, -0.15) is 0 Å². The van der Waals surface area contributed by atoms with Gasteiger partial charge >= 0.3 is 0 Å². The van der Waals surface area contributed by atoms with Gasteiger partial charge in [-0.3, -0.25) is 0 Å². The van der Waals surface area contributed by atoms with Gasteiger partial charge in [0.15, 0.2) is 0 Å². The highest BCUT2D eigenvalue weighted by molar-refractivity contribution is 5.31. The fourth-order valence-electron chi connectivity index (χ4n) is 2.79. The molecule has 1 unspecified atom stereocenters. The summed E-state index contributed by atoms with van der Waals surface area (Å²) in [6.45, 7) is 8.74. The maximum absolute atomic E-state index is 3.59. The normalized spacial score (nSPS) is 12.3. The van der Waals surface area contributed by atoms with Crippen LogP contribution in [-0.2, 0) is 6.42 Å². The molecule has 2 aromatic carbocycles. The molecule has 0 saturated heterocycles. The van der Waals surface area contributed by atoms with Crippen LogP contribution in [0, 0.1) is 13.8 Å². The molecular formula is C20H27N. The Morgan fingerprint density at radius 2 is 1.81 bits per heavy atom. The van der Waals surface area contributed by atoms with Crippen molar-refractivity contribution in [2.24, 2.45) is 0 Å². The Morgan fingerprint density at radius 3 is 2.52 bits per heavy atom. The molecule has 1 N–H and O–H groups in total. The van der Waals surface area contributed by atoms with Crippen LogP contribution in [0.1, 0.15) is 41.5 Å². The zero-order chi connectivity index (χ0) is 15.1. The van der Waals surface area contributed by atoms with Crippen LogP contribution in [-0.4, -0.2) is 13.1 Å². The van der Waals surface area contributed by atoms with Crippen molar-refractivity contribution < 1.29 is 0 Å². The molecule has 0 aromatic heterocycles. The van der Waals surface area contributed by atoms with E-state index >= 15 is 0 Å². The Balaban J connectivity index is 2.17. The van der Waals surface area contributed by atoms with Crippen LogP contribution < -0.4 is 5.32 Å². The van der Waals surface area contributed by atoms with Gasteiger partial charge in [-0.05, 0) is 49.9 Å². The quantitative estimate of drug-likeness (QED) is 0.730. The molecule has 2 rings (SSSR count). The van der Waals surface area contributed by atoms with Crippen LogP contribution >= 0.6 is 0 Å². The lowest BCUT2D eigenvalue weighted by Crippen LogP contribution is -2.24. The third-order valence-corrected chi connectivity index (χ3v) is 4.06. The molecule has 1 nitrogen and oxygen atoms in total. The molecule has 0 amide bonds. The summed E-state index contributed by atoms with van der Waals surface area (Å²) in [5.74, 6) is 0.539. The Kier molecular flexibility index (Phi) is 6.01. The van der Waals surface area contributed by atoms with Crippen LogP contribution in [0.15, 0.2) is 48.5 Å². The first-order valence-corrected chi connectivity index (χ1v) is 8.02. The van der Waals surface area contributed by atoms with Gasteiger partial charge in [-0.1, -0.05) is 61.0 Å². The summed E-state index contributed by atoms with van der Waals surface area (Å²) < 4.78 is 0. The van der Waals surface area contributed by atoms with E-state index in [1.54, 1.807) is 0 Å². The van der Waals surface area contributed by atoms with Crippen molar-refractivity contribution >= 4 is 0 Å². The molecule has 112 valence electrons. The van der Waals surface area contributed by atoms with Crippen molar-refractivity contribution in [2.45, 2.75) is 39.5 Å². The van der Waals surface area contributed by atoms with E-state index in [-0.39, 0.29) is 0 Å². The summed E-state index contributed by atoms with van der Waals surface area (Å²) >= 11 is 0. The highest BCUT2D eigenvalue weighted by atomic mass is 14.8. The summed E-state index contributed by atoms with van der Waals surface area (Å²) in [5, 5.41) is 3.59. The van der Waals surface area contributed by atoms with Gasteiger partial charge in [0.2, 0.25) is 0 Å². The van der Waals surface area contributed by atoms with E-state index in [0.29, 0.717) is 5.92 Å². The summed E-state index contributed by atoms with van der Waals surface area (Å²) in [6.07, 6.45) is 2.29. The maximum atomic E-state index is 3.59. The summed E-state index contributed by atoms with van der Waals surface area (Å²) in [6, 6.07) is 17.7. The zero-order valence-corrected chi connectivity index (χ0v) is 13.5. The molecule has 0 heterocycles. The number of nitrogens with one attached hydrogen (secondary N) is 1. The SMILES string of the molecule is CCCNCC(Cc1ccccc1C)c1cccc(C)c1. The van der Waals surface area contributed by atoms with E-state index in [1.807, 2.05) is 0 Å². The van der Waals surface area contributed by atoms with E-state index in [1.165, 1.54) is 28.7 Å². The molecule has 2 aromatic rings. The third kappa shape index (κ3) is 4.71. The minimum atomic E-state index is 0.539. The van der Waals surface area contributed by atoms with Crippen molar-refractivity contribution in [1.82, 2.24) is 5.32 Å². The first-order valence-electron chi connectivity index (χ1n) is 8.02. The van der Waals surface area contributed by atoms with Crippen molar-refractivity contribution in [2.75, 3.05) is 13.1 Å². The Morgan fingerprint density at radius 1 is 1.00 bits per heavy atom. The van der Waals surface area contributed by atoms with Gasteiger partial charge in [-0.25, -0.2) is 0 Å². The predicted molar refractivity (Wildman–Crippen MR) is 92.0 cm³/mol. The van der Waals surface area contributed by atoms with E-state index in [9.17, 15) is 0 Å². The van der Waals surface area contributed by atoms with Gasteiger partial charge in [0.05, 0.1) is 0 Å². The van der Waals surface area contributed by atoms with Crippen molar-refractivity contribution in [3.05, 3.63) is 70.8 Å². The monoisotopic (exact) mass is 281 g/mol. The van der Waals surface area contributed by atoms with Crippen LogP contribution in [0.3, 0.4) is 0 Å². The summed E-state index contributed by atoms with van der Waals surface area (Å²) in [5.41, 5.74) is 5.65. The van der Waals surface area contributed by atoms with Gasteiger partial charge in [0, 0.05) is 12.5 Å². The van der Waals surface area contributed by atoms with Gasteiger partial charge in [-0.15, -0.1) is 0 Å². The molecule has 0 spiro atoms. The molecule has 0 aliphatic heterocycles. The van der Waals surface area contributed by atoms with Gasteiger partial charge in [0.1, 0.15) is 0 Å². The summed E-state index contributed by atoms with van der Waals surface area (Å²) in [7, 11) is 0. The van der Waals surface area contributed by atoms with Gasteiger partial charge in [0.25, 0.3) is 0 Å². The van der Waals surface area contributed by atoms with Gasteiger partial charge < -0.3 is 5.32 Å². The van der Waals surface area contributed by atoms with Crippen LogP contribution in [0.4, 0.5) is 0 Å². The number of benzene rings is 2. The number of rotatable bonds is 7. The van der Waals surface area contributed by atoms with E-state index in [4.69, 9.17) is 0 Å². The molecule has 0 bridgehead atoms. The molecule has 0 aliphatic carbocycles. The topological polar surface area (TPSA) is 12.0 Å². The molecule has 0 fully saturated rings. The van der Waals surface area contributed by atoms with Crippen LogP contribution in [0.5, 0.6) is 0 Å². The van der Waals surface area contributed by atoms with Crippen LogP contribution in [0.25, 0.3) is 0 Å². The van der Waals surface area contributed by atoms with Crippen molar-refractivity contribution in [3.63, 3.8) is 0 Å². The molecule has 1 atom stereocenters. The van der Waals surface area contributed by atoms with E-state index < -0.39 is 0 Å². The highest BCUT2D eigenvalue weighted by Crippen LogP contribution is 2.23. The fraction of sp³-hybridized carbons (Fsp3) is 0.400. The summed E-state index contributed by atoms with van der Waals surface area (Å²) in [4.78, 5) is 0. The highest BCUT2D eigenvalue weighted by Gasteiger charge is 2.13. The molecule has 0 saturated carbocycles. The van der Waals surface area contributed by atoms with Crippen LogP contribution in [0.2, 0.25) is 0 Å². The number of hydrogen-bond acceptors (Lipinski definition) is 1. The second kappa shape index (κ2) is 7.99. The molecular weight excluding hydrogens is 254 g/mol. The largest absolute Gasteiger partial charge is 0.316 e. The minimum absolute atomic E-state index is 0.539. The van der Waals surface area contributed by atoms with E-state index in [2.05, 4.69) is 74.6 Å². The Labute approximate surface area is 129 Å². The zero-order valence-electron chi connectivity index (χ0n) is 13.5. The predicted octanol–water partition coefficient (Wildman–Crippen LogP) is 4.63. The fourth-order valence-corrected chi connectivity index (χ4v) is 2.79. The maximum Gasteiger partial charge on any atom is 0.00233 e. The smallest absolute Gasteiger partial charge is 0.00233 e. The lowest BCUT2D eigenvalue weighted by atomic mass is 9.89. The molecule has 0 radical (unpaired) electrons. The standard InChI is InChI=1S/C20H27N/c1-4-12-21-15-20(19-11-7-8-16(2)13-19)14-18-10-6-5-9-17(18)3/h5-11,13,20-21H,4,12,14-15H2,1-3H3. The number of hydrogen-bond donors (Lipinski definition) is 1. The Bertz CT molecular complexity index is 559. The average molecular weight is 281 g/mol. The third-order valence-electron chi connectivity index (χ3n) is 4.06. The Hall–Kier alpha value is -1.60. The number of aryl methyl sites for hydroxylation is 2. The second-order valence-electron chi connectivity index (χ2n) is 5.95. The average Bonchev–Trinajstić information content (AvgIpc) is 2.48.